The van der Waals surface area contributed by atoms with E-state index < -0.39 is 0 Å². The van der Waals surface area contributed by atoms with Gasteiger partial charge in [-0.3, -0.25) is 9.69 Å². The van der Waals surface area contributed by atoms with E-state index in [-0.39, 0.29) is 18.0 Å². The van der Waals surface area contributed by atoms with Gasteiger partial charge in [-0.1, -0.05) is 54.1 Å². The molecule has 3 aromatic rings. The van der Waals surface area contributed by atoms with E-state index in [2.05, 4.69) is 72.8 Å². The zero-order chi connectivity index (χ0) is 22.8. The molecule has 1 aliphatic rings. The maximum Gasteiger partial charge on any atom is 0.241 e. The minimum Gasteiger partial charge on any atom is -0.358 e. The molecule has 32 heavy (non-hydrogen) atoms. The summed E-state index contributed by atoms with van der Waals surface area (Å²) in [5.74, 6) is 1.10. The van der Waals surface area contributed by atoms with Crippen LogP contribution in [0.4, 0.5) is 0 Å². The van der Waals surface area contributed by atoms with Crippen molar-refractivity contribution in [2.24, 2.45) is 0 Å². The van der Waals surface area contributed by atoms with Crippen LogP contribution < -0.4 is 5.32 Å². The molecule has 2 atom stereocenters. The van der Waals surface area contributed by atoms with Crippen LogP contribution in [0.5, 0.6) is 0 Å². The van der Waals surface area contributed by atoms with Crippen molar-refractivity contribution in [1.82, 2.24) is 19.8 Å². The SMILES string of the molecule is CNC(=O)[C@@H](c1ccccc1)N1CCn2c(C)nc(C)c2C1CCc1ccc(C)cc1C. The number of nitrogens with one attached hydrogen (secondary N) is 1. The van der Waals surface area contributed by atoms with E-state index in [1.165, 1.54) is 22.4 Å². The second kappa shape index (κ2) is 9.29. The summed E-state index contributed by atoms with van der Waals surface area (Å²) in [6, 6.07) is 16.6. The summed E-state index contributed by atoms with van der Waals surface area (Å²) in [5.41, 5.74) is 7.35. The van der Waals surface area contributed by atoms with Gasteiger partial charge in [-0.05, 0) is 57.2 Å². The van der Waals surface area contributed by atoms with E-state index in [1.54, 1.807) is 7.05 Å². The Kier molecular flexibility index (Phi) is 6.47. The summed E-state index contributed by atoms with van der Waals surface area (Å²) in [4.78, 5) is 20.3. The van der Waals surface area contributed by atoms with Crippen LogP contribution >= 0.6 is 0 Å². The maximum absolute atomic E-state index is 13.2. The second-order valence-corrected chi connectivity index (χ2v) is 8.93. The molecule has 0 saturated carbocycles. The second-order valence-electron chi connectivity index (χ2n) is 8.93. The molecule has 5 heteroatoms. The third-order valence-electron chi connectivity index (χ3n) is 6.81. The number of imidazole rings is 1. The Morgan fingerprint density at radius 2 is 1.84 bits per heavy atom. The molecule has 5 nitrogen and oxygen atoms in total. The molecule has 1 unspecified atom stereocenters. The Morgan fingerprint density at radius 1 is 1.09 bits per heavy atom. The quantitative estimate of drug-likeness (QED) is 0.622. The number of aryl methyl sites for hydroxylation is 5. The summed E-state index contributed by atoms with van der Waals surface area (Å²) in [5, 5.41) is 2.91. The van der Waals surface area contributed by atoms with E-state index in [0.29, 0.717) is 0 Å². The van der Waals surface area contributed by atoms with E-state index in [9.17, 15) is 4.79 Å². The van der Waals surface area contributed by atoms with Crippen molar-refractivity contribution < 1.29 is 4.79 Å². The van der Waals surface area contributed by atoms with Gasteiger partial charge in [0.2, 0.25) is 5.91 Å². The number of aromatic nitrogens is 2. The van der Waals surface area contributed by atoms with Crippen molar-refractivity contribution in [1.29, 1.82) is 0 Å². The standard InChI is InChI=1S/C27H34N4O/c1-18-11-12-22(19(2)17-18)13-14-24-25-20(3)29-21(4)30(25)15-16-31(24)26(27(32)28-5)23-9-7-6-8-10-23/h6-12,17,24,26H,13-16H2,1-5H3,(H,28,32)/t24?,26-/m1/s1. The van der Waals surface area contributed by atoms with E-state index in [4.69, 9.17) is 4.98 Å². The van der Waals surface area contributed by atoms with Gasteiger partial charge in [-0.15, -0.1) is 0 Å². The van der Waals surface area contributed by atoms with E-state index in [0.717, 1.165) is 43.0 Å². The number of amides is 1. The number of hydrogen-bond donors (Lipinski definition) is 1. The molecule has 0 fully saturated rings. The lowest BCUT2D eigenvalue weighted by atomic mass is 9.93. The zero-order valence-electron chi connectivity index (χ0n) is 19.9. The number of likely N-dealkylation sites (N-methyl/N-ethyl adjacent to an activating group) is 1. The van der Waals surface area contributed by atoms with E-state index >= 15 is 0 Å². The number of rotatable bonds is 6. The number of carbonyl (C=O) groups is 1. The van der Waals surface area contributed by atoms with Crippen molar-refractivity contribution in [3.8, 4) is 0 Å². The first-order valence-electron chi connectivity index (χ1n) is 11.5. The topological polar surface area (TPSA) is 50.2 Å². The lowest BCUT2D eigenvalue weighted by Crippen LogP contribution is -2.46. The number of carbonyl (C=O) groups excluding carboxylic acids is 1. The molecule has 1 N–H and O–H groups in total. The van der Waals surface area contributed by atoms with Crippen molar-refractivity contribution in [3.63, 3.8) is 0 Å². The molecule has 1 amide bonds. The Morgan fingerprint density at radius 3 is 2.53 bits per heavy atom. The number of hydrogen-bond acceptors (Lipinski definition) is 3. The maximum atomic E-state index is 13.2. The molecule has 0 bridgehead atoms. The van der Waals surface area contributed by atoms with Gasteiger partial charge in [0.25, 0.3) is 0 Å². The third-order valence-corrected chi connectivity index (χ3v) is 6.81. The largest absolute Gasteiger partial charge is 0.358 e. The fourth-order valence-electron chi connectivity index (χ4n) is 5.26. The van der Waals surface area contributed by atoms with Gasteiger partial charge in [-0.2, -0.15) is 0 Å². The molecule has 2 heterocycles. The highest BCUT2D eigenvalue weighted by molar-refractivity contribution is 5.83. The molecule has 2 aromatic carbocycles. The summed E-state index contributed by atoms with van der Waals surface area (Å²) >= 11 is 0. The average molecular weight is 431 g/mol. The van der Waals surface area contributed by atoms with Crippen LogP contribution in [-0.4, -0.2) is 34.0 Å². The fraction of sp³-hybridized carbons (Fsp3) is 0.407. The van der Waals surface area contributed by atoms with Gasteiger partial charge < -0.3 is 9.88 Å². The van der Waals surface area contributed by atoms with Gasteiger partial charge in [0, 0.05) is 20.1 Å². The van der Waals surface area contributed by atoms with Gasteiger partial charge in [-0.25, -0.2) is 4.98 Å². The lowest BCUT2D eigenvalue weighted by Gasteiger charge is -2.42. The summed E-state index contributed by atoms with van der Waals surface area (Å²) in [6.07, 6.45) is 1.91. The number of nitrogens with zero attached hydrogens (tertiary/aromatic N) is 3. The molecule has 0 spiro atoms. The molecular formula is C27H34N4O. The molecule has 168 valence electrons. The molecule has 1 aliphatic heterocycles. The highest BCUT2D eigenvalue weighted by atomic mass is 16.2. The molecule has 1 aromatic heterocycles. The highest BCUT2D eigenvalue weighted by Crippen LogP contribution is 2.39. The van der Waals surface area contributed by atoms with Crippen LogP contribution in [0.1, 0.15) is 58.0 Å². The Labute approximate surface area is 191 Å². The lowest BCUT2D eigenvalue weighted by molar-refractivity contribution is -0.128. The van der Waals surface area contributed by atoms with Crippen LogP contribution in [0.15, 0.2) is 48.5 Å². The number of benzene rings is 2. The summed E-state index contributed by atoms with van der Waals surface area (Å²) < 4.78 is 2.35. The average Bonchev–Trinajstić information content (AvgIpc) is 3.08. The van der Waals surface area contributed by atoms with Crippen molar-refractivity contribution in [3.05, 3.63) is 88.0 Å². The Bertz CT molecular complexity index is 1100. The first kappa shape index (κ1) is 22.3. The van der Waals surface area contributed by atoms with Gasteiger partial charge in [0.1, 0.15) is 11.9 Å². The third kappa shape index (κ3) is 4.22. The Balaban J connectivity index is 1.74. The van der Waals surface area contributed by atoms with Crippen molar-refractivity contribution in [2.45, 2.75) is 59.2 Å². The predicted molar refractivity (Wildman–Crippen MR) is 129 cm³/mol. The smallest absolute Gasteiger partial charge is 0.241 e. The molecule has 4 rings (SSSR count). The first-order valence-corrected chi connectivity index (χ1v) is 11.5. The van der Waals surface area contributed by atoms with Gasteiger partial charge in [0.05, 0.1) is 17.4 Å². The normalized spacial score (nSPS) is 17.1. The zero-order valence-corrected chi connectivity index (χ0v) is 19.9. The molecule has 0 aliphatic carbocycles. The fourth-order valence-corrected chi connectivity index (χ4v) is 5.26. The van der Waals surface area contributed by atoms with Crippen LogP contribution in [0.3, 0.4) is 0 Å². The van der Waals surface area contributed by atoms with Crippen LogP contribution in [0.25, 0.3) is 0 Å². The Hall–Kier alpha value is -2.92. The first-order chi connectivity index (χ1) is 15.4. The van der Waals surface area contributed by atoms with Gasteiger partial charge >= 0.3 is 0 Å². The van der Waals surface area contributed by atoms with Gasteiger partial charge in [0.15, 0.2) is 0 Å². The minimum absolute atomic E-state index is 0.0371. The van der Waals surface area contributed by atoms with Crippen LogP contribution in [0, 0.1) is 27.7 Å². The highest BCUT2D eigenvalue weighted by Gasteiger charge is 2.38. The van der Waals surface area contributed by atoms with Crippen molar-refractivity contribution >= 4 is 5.91 Å². The van der Waals surface area contributed by atoms with Crippen molar-refractivity contribution in [2.75, 3.05) is 13.6 Å². The van der Waals surface area contributed by atoms with Crippen LogP contribution in [0.2, 0.25) is 0 Å². The molecular weight excluding hydrogens is 396 g/mol. The predicted octanol–water partition coefficient (Wildman–Crippen LogP) is 4.59. The monoisotopic (exact) mass is 430 g/mol. The molecule has 0 radical (unpaired) electrons. The number of fused-ring (bicyclic) bond motifs is 1. The molecule has 0 saturated heterocycles. The minimum atomic E-state index is -0.325. The summed E-state index contributed by atoms with van der Waals surface area (Å²) in [7, 11) is 1.73. The van der Waals surface area contributed by atoms with E-state index in [1.807, 2.05) is 18.2 Å². The summed E-state index contributed by atoms with van der Waals surface area (Å²) in [6.45, 7) is 10.2. The van der Waals surface area contributed by atoms with Crippen LogP contribution in [-0.2, 0) is 17.8 Å².